The lowest BCUT2D eigenvalue weighted by Crippen LogP contribution is -2.45. The van der Waals surface area contributed by atoms with Crippen molar-refractivity contribution in [3.8, 4) is 0 Å². The van der Waals surface area contributed by atoms with E-state index in [2.05, 4.69) is 30.4 Å². The third-order valence-corrected chi connectivity index (χ3v) is 5.14. The van der Waals surface area contributed by atoms with Gasteiger partial charge in [0.2, 0.25) is 5.91 Å². The molecule has 1 aromatic carbocycles. The van der Waals surface area contributed by atoms with Gasteiger partial charge in [0.15, 0.2) is 0 Å². The summed E-state index contributed by atoms with van der Waals surface area (Å²) >= 11 is 0. The Morgan fingerprint density at radius 2 is 2.00 bits per heavy atom. The van der Waals surface area contributed by atoms with E-state index in [4.69, 9.17) is 0 Å². The number of anilines is 1. The van der Waals surface area contributed by atoms with Crippen LogP contribution in [-0.4, -0.2) is 30.4 Å². The molecule has 0 radical (unpaired) electrons. The van der Waals surface area contributed by atoms with Crippen LogP contribution in [0.5, 0.6) is 0 Å². The highest BCUT2D eigenvalue weighted by Crippen LogP contribution is 2.30. The molecule has 1 amide bonds. The van der Waals surface area contributed by atoms with Gasteiger partial charge in [-0.05, 0) is 43.7 Å². The standard InChI is InChI=1S/C18H26N2O/c1-13-16(11-15-9-5-6-10-17(15)19-13)18(21)20(2)12-14-7-3-4-8-14/h5-6,9-10,13-14,16,19H,3-4,7-8,11-12H2,1-2H3. The van der Waals surface area contributed by atoms with Crippen molar-refractivity contribution in [2.75, 3.05) is 18.9 Å². The van der Waals surface area contributed by atoms with Gasteiger partial charge in [0, 0.05) is 25.3 Å². The number of benzene rings is 1. The molecule has 3 nitrogen and oxygen atoms in total. The molecular formula is C18H26N2O. The summed E-state index contributed by atoms with van der Waals surface area (Å²) in [7, 11) is 1.98. The molecule has 1 fully saturated rings. The molecule has 3 rings (SSSR count). The Morgan fingerprint density at radius 3 is 2.76 bits per heavy atom. The molecule has 3 heteroatoms. The average molecular weight is 286 g/mol. The van der Waals surface area contributed by atoms with Gasteiger partial charge in [-0.2, -0.15) is 0 Å². The Labute approximate surface area is 127 Å². The maximum Gasteiger partial charge on any atom is 0.227 e. The minimum absolute atomic E-state index is 0.0614. The zero-order valence-corrected chi connectivity index (χ0v) is 13.1. The lowest BCUT2D eigenvalue weighted by molar-refractivity contribution is -0.135. The van der Waals surface area contributed by atoms with Gasteiger partial charge in [-0.25, -0.2) is 0 Å². The Hall–Kier alpha value is -1.51. The molecule has 0 saturated heterocycles. The van der Waals surface area contributed by atoms with Crippen LogP contribution >= 0.6 is 0 Å². The van der Waals surface area contributed by atoms with Crippen LogP contribution < -0.4 is 5.32 Å². The SMILES string of the molecule is CC1Nc2ccccc2CC1C(=O)N(C)CC1CCCC1. The zero-order chi connectivity index (χ0) is 14.8. The molecule has 1 aromatic rings. The monoisotopic (exact) mass is 286 g/mol. The Bertz CT molecular complexity index is 508. The van der Waals surface area contributed by atoms with E-state index in [0.717, 1.165) is 18.9 Å². The normalized spacial score (nSPS) is 25.2. The van der Waals surface area contributed by atoms with Crippen molar-refractivity contribution in [2.24, 2.45) is 11.8 Å². The summed E-state index contributed by atoms with van der Waals surface area (Å²) in [5.74, 6) is 1.08. The largest absolute Gasteiger partial charge is 0.382 e. The van der Waals surface area contributed by atoms with E-state index in [9.17, 15) is 4.79 Å². The molecule has 1 aliphatic carbocycles. The van der Waals surface area contributed by atoms with Crippen LogP contribution in [0, 0.1) is 11.8 Å². The third-order valence-electron chi connectivity index (χ3n) is 5.14. The molecule has 1 aliphatic heterocycles. The molecule has 0 bridgehead atoms. The van der Waals surface area contributed by atoms with Gasteiger partial charge in [0.1, 0.15) is 0 Å². The first-order valence-corrected chi connectivity index (χ1v) is 8.24. The maximum atomic E-state index is 12.8. The van der Waals surface area contributed by atoms with E-state index in [1.54, 1.807) is 0 Å². The third kappa shape index (κ3) is 3.07. The number of hydrogen-bond acceptors (Lipinski definition) is 2. The number of carbonyl (C=O) groups excluding carboxylic acids is 1. The molecule has 1 saturated carbocycles. The predicted octanol–water partition coefficient (Wildman–Crippen LogP) is 3.31. The van der Waals surface area contributed by atoms with E-state index >= 15 is 0 Å². The lowest BCUT2D eigenvalue weighted by Gasteiger charge is -2.34. The first-order valence-electron chi connectivity index (χ1n) is 8.24. The van der Waals surface area contributed by atoms with Crippen molar-refractivity contribution in [1.82, 2.24) is 4.90 Å². The Balaban J connectivity index is 1.66. The number of nitrogens with zero attached hydrogens (tertiary/aromatic N) is 1. The average Bonchev–Trinajstić information content (AvgIpc) is 2.98. The molecule has 21 heavy (non-hydrogen) atoms. The number of nitrogens with one attached hydrogen (secondary N) is 1. The van der Waals surface area contributed by atoms with Crippen molar-refractivity contribution in [2.45, 2.75) is 45.1 Å². The highest BCUT2D eigenvalue weighted by atomic mass is 16.2. The first kappa shape index (κ1) is 14.4. The molecular weight excluding hydrogens is 260 g/mol. The van der Waals surface area contributed by atoms with E-state index in [-0.39, 0.29) is 12.0 Å². The number of carbonyl (C=O) groups is 1. The summed E-state index contributed by atoms with van der Waals surface area (Å²) in [6.07, 6.45) is 6.11. The zero-order valence-electron chi connectivity index (χ0n) is 13.1. The fourth-order valence-corrected chi connectivity index (χ4v) is 3.85. The van der Waals surface area contributed by atoms with Gasteiger partial charge in [-0.3, -0.25) is 4.79 Å². The summed E-state index contributed by atoms with van der Waals surface area (Å²) < 4.78 is 0. The molecule has 2 unspecified atom stereocenters. The van der Waals surface area contributed by atoms with Crippen molar-refractivity contribution < 1.29 is 4.79 Å². The summed E-state index contributed by atoms with van der Waals surface area (Å²) in [6.45, 7) is 3.06. The minimum atomic E-state index is 0.0614. The fourth-order valence-electron chi connectivity index (χ4n) is 3.85. The fraction of sp³-hybridized carbons (Fsp3) is 0.611. The second-order valence-corrected chi connectivity index (χ2v) is 6.77. The van der Waals surface area contributed by atoms with Crippen LogP contribution in [-0.2, 0) is 11.2 Å². The summed E-state index contributed by atoms with van der Waals surface area (Å²) in [6, 6.07) is 8.55. The second kappa shape index (κ2) is 6.08. The molecule has 2 atom stereocenters. The van der Waals surface area contributed by atoms with Crippen molar-refractivity contribution in [3.63, 3.8) is 0 Å². The van der Waals surface area contributed by atoms with Crippen molar-refractivity contribution >= 4 is 11.6 Å². The highest BCUT2D eigenvalue weighted by molar-refractivity contribution is 5.81. The number of amides is 1. The van der Waals surface area contributed by atoms with Crippen molar-refractivity contribution in [1.29, 1.82) is 0 Å². The molecule has 2 aliphatic rings. The molecule has 0 spiro atoms. The van der Waals surface area contributed by atoms with Crippen molar-refractivity contribution in [3.05, 3.63) is 29.8 Å². The van der Waals surface area contributed by atoms with Crippen LogP contribution in [0.3, 0.4) is 0 Å². The van der Waals surface area contributed by atoms with Crippen LogP contribution in [0.25, 0.3) is 0 Å². The first-order chi connectivity index (χ1) is 10.1. The number of fused-ring (bicyclic) bond motifs is 1. The summed E-state index contributed by atoms with van der Waals surface area (Å²) in [4.78, 5) is 14.8. The predicted molar refractivity (Wildman–Crippen MR) is 86.3 cm³/mol. The topological polar surface area (TPSA) is 32.3 Å². The van der Waals surface area contributed by atoms with E-state index in [1.807, 2.05) is 18.0 Å². The summed E-state index contributed by atoms with van der Waals surface area (Å²) in [5, 5.41) is 3.49. The quantitative estimate of drug-likeness (QED) is 0.924. The summed E-state index contributed by atoms with van der Waals surface area (Å²) in [5.41, 5.74) is 2.45. The van der Waals surface area contributed by atoms with E-state index < -0.39 is 0 Å². The highest BCUT2D eigenvalue weighted by Gasteiger charge is 2.33. The minimum Gasteiger partial charge on any atom is -0.382 e. The second-order valence-electron chi connectivity index (χ2n) is 6.77. The maximum absolute atomic E-state index is 12.8. The number of rotatable bonds is 3. The van der Waals surface area contributed by atoms with Crippen LogP contribution in [0.2, 0.25) is 0 Å². The lowest BCUT2D eigenvalue weighted by atomic mass is 9.87. The number of para-hydroxylation sites is 1. The van der Waals surface area contributed by atoms with E-state index in [0.29, 0.717) is 5.91 Å². The van der Waals surface area contributed by atoms with Gasteiger partial charge in [-0.1, -0.05) is 31.0 Å². The molecule has 1 N–H and O–H groups in total. The molecule has 1 heterocycles. The molecule has 114 valence electrons. The van der Waals surface area contributed by atoms with Gasteiger partial charge in [-0.15, -0.1) is 0 Å². The van der Waals surface area contributed by atoms with Crippen LogP contribution in [0.15, 0.2) is 24.3 Å². The Kier molecular flexibility index (Phi) is 4.18. The van der Waals surface area contributed by atoms with Gasteiger partial charge >= 0.3 is 0 Å². The van der Waals surface area contributed by atoms with Gasteiger partial charge in [0.05, 0.1) is 5.92 Å². The smallest absolute Gasteiger partial charge is 0.227 e. The van der Waals surface area contributed by atoms with Gasteiger partial charge in [0.25, 0.3) is 0 Å². The van der Waals surface area contributed by atoms with Crippen LogP contribution in [0.1, 0.15) is 38.2 Å². The van der Waals surface area contributed by atoms with Gasteiger partial charge < -0.3 is 10.2 Å². The Morgan fingerprint density at radius 1 is 1.29 bits per heavy atom. The van der Waals surface area contributed by atoms with E-state index in [1.165, 1.54) is 36.9 Å². The van der Waals surface area contributed by atoms with Crippen LogP contribution in [0.4, 0.5) is 5.69 Å². The molecule has 0 aromatic heterocycles. The number of hydrogen-bond donors (Lipinski definition) is 1.